The minimum Gasteiger partial charge on any atom is -0.384 e. The second-order valence-electron chi connectivity index (χ2n) is 9.83. The molecule has 1 saturated carbocycles. The number of primary amides is 1. The lowest BCUT2D eigenvalue weighted by Crippen LogP contribution is -2.51. The number of thiophene rings is 1. The molecule has 2 fully saturated rings. The zero-order valence-corrected chi connectivity index (χ0v) is 21.6. The number of halogens is 1. The predicted octanol–water partition coefficient (Wildman–Crippen LogP) is 3.36. The number of carbonyl (C=O) groups is 2. The van der Waals surface area contributed by atoms with Gasteiger partial charge in [-0.3, -0.25) is 14.5 Å². The molecule has 4 rings (SSSR count). The SMILES string of the molecule is Cc1cc(-c2ccc(CN3CCC(CC#N)(N/C=C(/C(N)=O)C(N)=NC(=O)C4CC4)CC3)cc2F)cs1. The molecular formula is C27H31FN6O2S. The maximum Gasteiger partial charge on any atom is 0.253 e. The summed E-state index contributed by atoms with van der Waals surface area (Å²) in [5.41, 5.74) is 13.1. The van der Waals surface area contributed by atoms with E-state index < -0.39 is 11.4 Å². The standard InChI is InChI=1S/C27H31FN6O2S/c1-17-12-20(16-37-17)21-5-2-18(13-23(21)28)15-34-10-7-27(6-9-29,8-11-34)32-14-22(25(31)35)24(30)33-26(36)19-3-4-19/h2,5,12-14,16,19,32H,3-4,6-8,10-11,15H2,1H3,(H2,31,35)(H2,30,33,36)/b22-14+. The molecule has 8 nitrogen and oxygen atoms in total. The van der Waals surface area contributed by atoms with E-state index in [-0.39, 0.29) is 35.5 Å². The monoisotopic (exact) mass is 522 g/mol. The molecule has 10 heteroatoms. The van der Waals surface area contributed by atoms with Crippen molar-refractivity contribution in [2.24, 2.45) is 22.4 Å². The van der Waals surface area contributed by atoms with E-state index in [4.69, 9.17) is 11.5 Å². The van der Waals surface area contributed by atoms with E-state index >= 15 is 0 Å². The van der Waals surface area contributed by atoms with Crippen LogP contribution in [0.15, 0.2) is 46.4 Å². The molecule has 0 bridgehead atoms. The van der Waals surface area contributed by atoms with Gasteiger partial charge in [0.1, 0.15) is 11.7 Å². The Bertz CT molecular complexity index is 1280. The maximum absolute atomic E-state index is 14.8. The average molecular weight is 523 g/mol. The number of hydrogen-bond donors (Lipinski definition) is 3. The molecule has 2 amide bonds. The summed E-state index contributed by atoms with van der Waals surface area (Å²) in [6, 6.07) is 9.57. The number of hydrogen-bond acceptors (Lipinski definition) is 6. The Hall–Kier alpha value is -3.55. The maximum atomic E-state index is 14.8. The van der Waals surface area contributed by atoms with E-state index in [1.807, 2.05) is 30.5 Å². The van der Waals surface area contributed by atoms with Crippen molar-refractivity contribution in [3.8, 4) is 17.2 Å². The number of aliphatic imine (C=N–C) groups is 1. The highest BCUT2D eigenvalue weighted by molar-refractivity contribution is 7.10. The van der Waals surface area contributed by atoms with Crippen LogP contribution in [0.4, 0.5) is 4.39 Å². The van der Waals surface area contributed by atoms with Gasteiger partial charge in [-0.15, -0.1) is 11.3 Å². The van der Waals surface area contributed by atoms with Gasteiger partial charge in [-0.25, -0.2) is 4.39 Å². The van der Waals surface area contributed by atoms with Crippen LogP contribution < -0.4 is 16.8 Å². The van der Waals surface area contributed by atoms with E-state index in [9.17, 15) is 19.2 Å². The van der Waals surface area contributed by atoms with Crippen LogP contribution in [-0.2, 0) is 16.1 Å². The minimum absolute atomic E-state index is 0.0786. The molecule has 2 aromatic rings. The number of nitriles is 1. The van der Waals surface area contributed by atoms with Crippen LogP contribution in [0.1, 0.15) is 42.5 Å². The van der Waals surface area contributed by atoms with Crippen molar-refractivity contribution in [3.05, 3.63) is 57.7 Å². The molecule has 1 aromatic heterocycles. The van der Waals surface area contributed by atoms with Crippen molar-refractivity contribution >= 4 is 29.0 Å². The molecule has 1 aliphatic carbocycles. The van der Waals surface area contributed by atoms with Gasteiger partial charge in [0.2, 0.25) is 0 Å². The summed E-state index contributed by atoms with van der Waals surface area (Å²) < 4.78 is 14.8. The third-order valence-electron chi connectivity index (χ3n) is 6.93. The molecule has 5 N–H and O–H groups in total. The zero-order chi connectivity index (χ0) is 26.6. The minimum atomic E-state index is -0.801. The Kier molecular flexibility index (Phi) is 8.05. The van der Waals surface area contributed by atoms with Gasteiger partial charge in [0, 0.05) is 42.2 Å². The van der Waals surface area contributed by atoms with Gasteiger partial charge < -0.3 is 16.8 Å². The largest absolute Gasteiger partial charge is 0.384 e. The summed E-state index contributed by atoms with van der Waals surface area (Å²) in [4.78, 5) is 31.1. The van der Waals surface area contributed by atoms with E-state index in [1.54, 1.807) is 17.4 Å². The molecule has 0 spiro atoms. The van der Waals surface area contributed by atoms with E-state index in [1.165, 1.54) is 6.20 Å². The molecule has 2 aliphatic rings. The van der Waals surface area contributed by atoms with E-state index in [0.717, 1.165) is 28.8 Å². The summed E-state index contributed by atoms with van der Waals surface area (Å²) in [7, 11) is 0. The lowest BCUT2D eigenvalue weighted by molar-refractivity contribution is -0.118. The second kappa shape index (κ2) is 11.2. The number of amides is 2. The third kappa shape index (κ3) is 6.61. The smallest absolute Gasteiger partial charge is 0.253 e. The van der Waals surface area contributed by atoms with Crippen LogP contribution in [0.25, 0.3) is 11.1 Å². The lowest BCUT2D eigenvalue weighted by Gasteiger charge is -2.41. The Morgan fingerprint density at radius 1 is 1.30 bits per heavy atom. The Balaban J connectivity index is 1.40. The predicted molar refractivity (Wildman–Crippen MR) is 142 cm³/mol. The summed E-state index contributed by atoms with van der Waals surface area (Å²) >= 11 is 1.60. The van der Waals surface area contributed by atoms with Crippen molar-refractivity contribution < 1.29 is 14.0 Å². The first-order chi connectivity index (χ1) is 17.7. The number of rotatable bonds is 9. The number of piperidine rings is 1. The third-order valence-corrected chi connectivity index (χ3v) is 7.79. The number of nitrogens with two attached hydrogens (primary N) is 2. The molecule has 0 radical (unpaired) electrons. The molecular weight excluding hydrogens is 491 g/mol. The van der Waals surface area contributed by atoms with E-state index in [2.05, 4.69) is 21.3 Å². The number of amidine groups is 1. The fourth-order valence-electron chi connectivity index (χ4n) is 4.49. The average Bonchev–Trinajstić information content (AvgIpc) is 3.62. The van der Waals surface area contributed by atoms with Crippen LogP contribution in [0.3, 0.4) is 0 Å². The quantitative estimate of drug-likeness (QED) is 0.262. The number of aryl methyl sites for hydroxylation is 1. The summed E-state index contributed by atoms with van der Waals surface area (Å²) in [5.74, 6) is -1.73. The second-order valence-corrected chi connectivity index (χ2v) is 10.9. The summed E-state index contributed by atoms with van der Waals surface area (Å²) in [6.07, 6.45) is 4.39. The molecule has 2 heterocycles. The normalized spacial score (nSPS) is 18.3. The van der Waals surface area contributed by atoms with Gasteiger partial charge in [-0.05, 0) is 61.2 Å². The van der Waals surface area contributed by atoms with Gasteiger partial charge in [0.05, 0.1) is 23.6 Å². The van der Waals surface area contributed by atoms with Crippen LogP contribution in [-0.4, -0.2) is 41.2 Å². The Morgan fingerprint density at radius 2 is 2.03 bits per heavy atom. The van der Waals surface area contributed by atoms with Crippen LogP contribution >= 0.6 is 11.3 Å². The topological polar surface area (TPSA) is 138 Å². The summed E-state index contributed by atoms with van der Waals surface area (Å²) in [6.45, 7) is 3.94. The van der Waals surface area contributed by atoms with Gasteiger partial charge >= 0.3 is 0 Å². The molecule has 1 saturated heterocycles. The van der Waals surface area contributed by atoms with Crippen LogP contribution in [0, 0.1) is 30.0 Å². The molecule has 37 heavy (non-hydrogen) atoms. The lowest BCUT2D eigenvalue weighted by atomic mass is 9.84. The molecule has 1 aromatic carbocycles. The fraction of sp³-hybridized carbons (Fsp3) is 0.407. The highest BCUT2D eigenvalue weighted by Crippen LogP contribution is 2.31. The van der Waals surface area contributed by atoms with E-state index in [0.29, 0.717) is 38.0 Å². The highest BCUT2D eigenvalue weighted by atomic mass is 32.1. The highest BCUT2D eigenvalue weighted by Gasteiger charge is 2.34. The van der Waals surface area contributed by atoms with Gasteiger partial charge in [-0.1, -0.05) is 12.1 Å². The molecule has 0 unspecified atom stereocenters. The van der Waals surface area contributed by atoms with Gasteiger partial charge in [0.25, 0.3) is 11.8 Å². The van der Waals surface area contributed by atoms with Crippen molar-refractivity contribution in [1.82, 2.24) is 10.2 Å². The molecule has 1 aliphatic heterocycles. The molecule has 0 atom stereocenters. The molecule has 194 valence electrons. The Morgan fingerprint density at radius 3 is 2.59 bits per heavy atom. The van der Waals surface area contributed by atoms with Crippen molar-refractivity contribution in [2.45, 2.75) is 51.1 Å². The Labute approximate surface area is 219 Å². The number of likely N-dealkylation sites (tertiary alicyclic amines) is 1. The summed E-state index contributed by atoms with van der Waals surface area (Å²) in [5, 5.41) is 14.6. The first-order valence-corrected chi connectivity index (χ1v) is 13.2. The number of nitrogens with zero attached hydrogens (tertiary/aromatic N) is 3. The van der Waals surface area contributed by atoms with Crippen molar-refractivity contribution in [2.75, 3.05) is 13.1 Å². The van der Waals surface area contributed by atoms with Crippen molar-refractivity contribution in [1.29, 1.82) is 5.26 Å². The number of benzene rings is 1. The van der Waals surface area contributed by atoms with Gasteiger partial charge in [0.15, 0.2) is 0 Å². The first kappa shape index (κ1) is 26.5. The number of carbonyl (C=O) groups excluding carboxylic acids is 2. The van der Waals surface area contributed by atoms with Crippen molar-refractivity contribution in [3.63, 3.8) is 0 Å². The fourth-order valence-corrected chi connectivity index (χ4v) is 5.20. The first-order valence-electron chi connectivity index (χ1n) is 12.3. The van der Waals surface area contributed by atoms with Crippen LogP contribution in [0.5, 0.6) is 0 Å². The van der Waals surface area contributed by atoms with Gasteiger partial charge in [-0.2, -0.15) is 10.3 Å². The zero-order valence-electron chi connectivity index (χ0n) is 20.8. The van der Waals surface area contributed by atoms with Crippen LogP contribution in [0.2, 0.25) is 0 Å². The number of nitrogens with one attached hydrogen (secondary N) is 1.